The molecule has 2 N–H and O–H groups in total. The van der Waals surface area contributed by atoms with E-state index in [4.69, 9.17) is 5.11 Å². The van der Waals surface area contributed by atoms with Crippen LogP contribution in [0.1, 0.15) is 19.3 Å². The molecule has 3 heteroatoms. The molecule has 0 spiro atoms. The summed E-state index contributed by atoms with van der Waals surface area (Å²) >= 11 is 0. The van der Waals surface area contributed by atoms with Crippen LogP contribution in [-0.2, 0) is 4.79 Å². The number of nitrogens with one attached hydrogen (secondary N) is 1. The molecule has 0 amide bonds. The van der Waals surface area contributed by atoms with Gasteiger partial charge in [-0.1, -0.05) is 6.08 Å². The fourth-order valence-corrected chi connectivity index (χ4v) is 2.13. The molecule has 2 bridgehead atoms. The van der Waals surface area contributed by atoms with E-state index in [9.17, 15) is 4.79 Å². The molecule has 0 aromatic heterocycles. The topological polar surface area (TPSA) is 49.3 Å². The predicted octanol–water partition coefficient (Wildman–Crippen LogP) is 0.769. The summed E-state index contributed by atoms with van der Waals surface area (Å²) in [5.74, 6) is 0.107. The smallest absolute Gasteiger partial charge is 0.328 e. The molecule has 0 heterocycles. The van der Waals surface area contributed by atoms with Gasteiger partial charge in [-0.2, -0.15) is 0 Å². The maximum Gasteiger partial charge on any atom is 0.328 e. The van der Waals surface area contributed by atoms with E-state index in [-0.39, 0.29) is 0 Å². The number of carbonyl (C=O) groups is 1. The van der Waals surface area contributed by atoms with Gasteiger partial charge in [0.25, 0.3) is 0 Å². The summed E-state index contributed by atoms with van der Waals surface area (Å²) in [5.41, 5.74) is 0.410. The fraction of sp³-hybridized carbons (Fsp3) is 0.667. The van der Waals surface area contributed by atoms with E-state index < -0.39 is 5.97 Å². The van der Waals surface area contributed by atoms with Crippen LogP contribution < -0.4 is 5.32 Å². The number of carboxylic acids is 1. The molecule has 3 saturated carbocycles. The highest BCUT2D eigenvalue weighted by Crippen LogP contribution is 2.56. The Labute approximate surface area is 71.5 Å². The third-order valence-electron chi connectivity index (χ3n) is 2.89. The Morgan fingerprint density at radius 2 is 2.25 bits per heavy atom. The van der Waals surface area contributed by atoms with Gasteiger partial charge < -0.3 is 10.4 Å². The van der Waals surface area contributed by atoms with Crippen LogP contribution in [0.2, 0.25) is 0 Å². The summed E-state index contributed by atoms with van der Waals surface area (Å²) in [6.07, 6.45) is 6.76. The van der Waals surface area contributed by atoms with Gasteiger partial charge in [0.15, 0.2) is 0 Å². The molecule has 0 atom stereocenters. The van der Waals surface area contributed by atoms with Crippen molar-refractivity contribution in [1.29, 1.82) is 0 Å². The zero-order valence-electron chi connectivity index (χ0n) is 6.92. The molecule has 3 aliphatic carbocycles. The molecule has 12 heavy (non-hydrogen) atoms. The largest absolute Gasteiger partial charge is 0.478 e. The SMILES string of the molecule is O=C(O)/C=C/CNC12CC(C1)C2. The second-order valence-corrected chi connectivity index (χ2v) is 3.88. The minimum absolute atomic E-state index is 0.410. The highest BCUT2D eigenvalue weighted by molar-refractivity contribution is 5.79. The maximum absolute atomic E-state index is 10.1. The quantitative estimate of drug-likeness (QED) is 0.608. The van der Waals surface area contributed by atoms with E-state index >= 15 is 0 Å². The van der Waals surface area contributed by atoms with Crippen molar-refractivity contribution in [3.05, 3.63) is 12.2 Å². The van der Waals surface area contributed by atoms with Gasteiger partial charge in [0, 0.05) is 18.2 Å². The van der Waals surface area contributed by atoms with Gasteiger partial charge in [0.05, 0.1) is 0 Å². The van der Waals surface area contributed by atoms with Crippen LogP contribution in [0, 0.1) is 5.92 Å². The lowest BCUT2D eigenvalue weighted by Gasteiger charge is -2.62. The van der Waals surface area contributed by atoms with Gasteiger partial charge in [0.1, 0.15) is 0 Å². The standard InChI is InChI=1S/C9H13NO2/c11-8(12)2-1-3-10-9-4-7(5-9)6-9/h1-2,7,10H,3-6H2,(H,11,12)/b2-1+. The number of hydrogen-bond donors (Lipinski definition) is 2. The molecule has 3 fully saturated rings. The normalized spacial score (nSPS) is 37.5. The van der Waals surface area contributed by atoms with Crippen molar-refractivity contribution in [2.24, 2.45) is 5.92 Å². The molecular weight excluding hydrogens is 154 g/mol. The van der Waals surface area contributed by atoms with E-state index in [1.807, 2.05) is 0 Å². The third kappa shape index (κ3) is 1.25. The first-order valence-electron chi connectivity index (χ1n) is 4.35. The zero-order chi connectivity index (χ0) is 8.60. The summed E-state index contributed by atoms with van der Waals surface area (Å²) in [7, 11) is 0. The zero-order valence-corrected chi connectivity index (χ0v) is 6.92. The molecule has 0 saturated heterocycles. The molecule has 0 aromatic rings. The van der Waals surface area contributed by atoms with Crippen LogP contribution in [-0.4, -0.2) is 23.2 Å². The highest BCUT2D eigenvalue weighted by Gasteiger charge is 2.55. The van der Waals surface area contributed by atoms with E-state index in [0.29, 0.717) is 12.1 Å². The van der Waals surface area contributed by atoms with Crippen LogP contribution >= 0.6 is 0 Å². The molecular formula is C9H13NO2. The monoisotopic (exact) mass is 167 g/mol. The Hall–Kier alpha value is -0.830. The van der Waals surface area contributed by atoms with Gasteiger partial charge >= 0.3 is 5.97 Å². The van der Waals surface area contributed by atoms with Gasteiger partial charge in [-0.05, 0) is 25.2 Å². The molecule has 0 unspecified atom stereocenters. The number of aliphatic carboxylic acids is 1. The fourth-order valence-electron chi connectivity index (χ4n) is 2.13. The maximum atomic E-state index is 10.1. The van der Waals surface area contributed by atoms with Crippen LogP contribution in [0.15, 0.2) is 12.2 Å². The molecule has 0 radical (unpaired) electrons. The van der Waals surface area contributed by atoms with Crippen molar-refractivity contribution < 1.29 is 9.90 Å². The number of rotatable bonds is 4. The molecule has 66 valence electrons. The van der Waals surface area contributed by atoms with Crippen molar-refractivity contribution in [2.75, 3.05) is 6.54 Å². The summed E-state index contributed by atoms with van der Waals surface area (Å²) in [4.78, 5) is 10.1. The lowest BCUT2D eigenvalue weighted by Crippen LogP contribution is -2.66. The van der Waals surface area contributed by atoms with Gasteiger partial charge in [-0.3, -0.25) is 0 Å². The molecule has 0 aliphatic heterocycles. The van der Waals surface area contributed by atoms with Crippen molar-refractivity contribution in [3.8, 4) is 0 Å². The summed E-state index contributed by atoms with van der Waals surface area (Å²) in [6.45, 7) is 0.693. The van der Waals surface area contributed by atoms with Crippen molar-refractivity contribution in [3.63, 3.8) is 0 Å². The molecule has 3 nitrogen and oxygen atoms in total. The molecule has 0 aromatic carbocycles. The van der Waals surface area contributed by atoms with Crippen LogP contribution in [0.4, 0.5) is 0 Å². The first-order valence-corrected chi connectivity index (χ1v) is 4.35. The Bertz CT molecular complexity index is 218. The van der Waals surface area contributed by atoms with E-state index in [2.05, 4.69) is 5.32 Å². The third-order valence-corrected chi connectivity index (χ3v) is 2.89. The lowest BCUT2D eigenvalue weighted by atomic mass is 9.50. The van der Waals surface area contributed by atoms with E-state index in [1.165, 1.54) is 25.3 Å². The summed E-state index contributed by atoms with van der Waals surface area (Å²) in [5, 5.41) is 11.7. The van der Waals surface area contributed by atoms with E-state index in [1.54, 1.807) is 6.08 Å². The van der Waals surface area contributed by atoms with Crippen LogP contribution in [0.3, 0.4) is 0 Å². The summed E-state index contributed by atoms with van der Waals surface area (Å²) < 4.78 is 0. The number of carboxylic acid groups (broad SMARTS) is 1. The number of hydrogen-bond acceptors (Lipinski definition) is 2. The second kappa shape index (κ2) is 2.59. The van der Waals surface area contributed by atoms with Crippen molar-refractivity contribution in [1.82, 2.24) is 5.32 Å². The van der Waals surface area contributed by atoms with Crippen molar-refractivity contribution >= 4 is 5.97 Å². The van der Waals surface area contributed by atoms with Crippen molar-refractivity contribution in [2.45, 2.75) is 24.8 Å². The first-order chi connectivity index (χ1) is 5.70. The van der Waals surface area contributed by atoms with Crippen LogP contribution in [0.25, 0.3) is 0 Å². The van der Waals surface area contributed by atoms with Crippen LogP contribution in [0.5, 0.6) is 0 Å². The first kappa shape index (κ1) is 7.80. The minimum Gasteiger partial charge on any atom is -0.478 e. The lowest BCUT2D eigenvalue weighted by molar-refractivity contribution is -0.131. The van der Waals surface area contributed by atoms with E-state index in [0.717, 1.165) is 5.92 Å². The minimum atomic E-state index is -0.866. The molecule has 3 aliphatic rings. The average molecular weight is 167 g/mol. The highest BCUT2D eigenvalue weighted by atomic mass is 16.4. The summed E-state index contributed by atoms with van der Waals surface area (Å²) in [6, 6.07) is 0. The Morgan fingerprint density at radius 3 is 2.67 bits per heavy atom. The van der Waals surface area contributed by atoms with Gasteiger partial charge in [-0.15, -0.1) is 0 Å². The Kier molecular flexibility index (Phi) is 1.68. The average Bonchev–Trinajstić information content (AvgIpc) is 1.79. The second-order valence-electron chi connectivity index (χ2n) is 3.88. The Morgan fingerprint density at radius 1 is 1.58 bits per heavy atom. The Balaban J connectivity index is 1.65. The van der Waals surface area contributed by atoms with Gasteiger partial charge in [-0.25, -0.2) is 4.79 Å². The predicted molar refractivity (Wildman–Crippen MR) is 44.9 cm³/mol. The molecule has 3 rings (SSSR count). The van der Waals surface area contributed by atoms with Gasteiger partial charge in [0.2, 0.25) is 0 Å².